The van der Waals surface area contributed by atoms with Gasteiger partial charge in [0.1, 0.15) is 0 Å². The first-order chi connectivity index (χ1) is 7.52. The molecule has 0 unspecified atom stereocenters. The van der Waals surface area contributed by atoms with Crippen LogP contribution in [0.3, 0.4) is 0 Å². The fourth-order valence-corrected chi connectivity index (χ4v) is 1.44. The van der Waals surface area contributed by atoms with E-state index in [4.69, 9.17) is 4.74 Å². The summed E-state index contributed by atoms with van der Waals surface area (Å²) in [5.74, 6) is 0.220. The molecule has 16 heavy (non-hydrogen) atoms. The molecule has 1 rings (SSSR count). The van der Waals surface area contributed by atoms with Crippen molar-refractivity contribution < 1.29 is 9.53 Å². The standard InChI is InChI=1S/C12H18N2O2/c1-5-16-12(15)11-13-9(4)7-10(14-11)6-8(2)3/h7-8H,5-6H2,1-4H3. The lowest BCUT2D eigenvalue weighted by molar-refractivity contribution is 0.0511. The summed E-state index contributed by atoms with van der Waals surface area (Å²) in [5, 5.41) is 0. The maximum absolute atomic E-state index is 11.5. The average Bonchev–Trinajstić information content (AvgIpc) is 2.15. The van der Waals surface area contributed by atoms with Gasteiger partial charge in [0, 0.05) is 11.4 Å². The first-order valence-corrected chi connectivity index (χ1v) is 5.54. The van der Waals surface area contributed by atoms with Crippen LogP contribution in [-0.4, -0.2) is 22.5 Å². The van der Waals surface area contributed by atoms with Crippen LogP contribution in [0.1, 0.15) is 42.8 Å². The van der Waals surface area contributed by atoms with Gasteiger partial charge in [0.05, 0.1) is 6.61 Å². The number of carbonyl (C=O) groups is 1. The SMILES string of the molecule is CCOC(=O)c1nc(C)cc(CC(C)C)n1. The van der Waals surface area contributed by atoms with Gasteiger partial charge < -0.3 is 4.74 Å². The van der Waals surface area contributed by atoms with E-state index in [1.165, 1.54) is 0 Å². The maximum Gasteiger partial charge on any atom is 0.376 e. The molecule has 0 amide bonds. The van der Waals surface area contributed by atoms with Gasteiger partial charge in [0.2, 0.25) is 5.82 Å². The van der Waals surface area contributed by atoms with E-state index in [0.717, 1.165) is 17.8 Å². The Bertz CT molecular complexity index is 375. The van der Waals surface area contributed by atoms with Crippen LogP contribution in [0.4, 0.5) is 0 Å². The predicted octanol–water partition coefficient (Wildman–Crippen LogP) is 2.16. The molecule has 0 spiro atoms. The number of esters is 1. The van der Waals surface area contributed by atoms with E-state index in [-0.39, 0.29) is 5.82 Å². The quantitative estimate of drug-likeness (QED) is 0.732. The Balaban J connectivity index is 2.93. The molecule has 4 heteroatoms. The van der Waals surface area contributed by atoms with E-state index in [0.29, 0.717) is 12.5 Å². The molecule has 0 aliphatic rings. The Morgan fingerprint density at radius 1 is 1.44 bits per heavy atom. The Morgan fingerprint density at radius 2 is 2.12 bits per heavy atom. The average molecular weight is 222 g/mol. The molecule has 0 bridgehead atoms. The molecule has 1 aromatic rings. The Kier molecular flexibility index (Phi) is 4.40. The van der Waals surface area contributed by atoms with Crippen molar-refractivity contribution in [1.29, 1.82) is 0 Å². The highest BCUT2D eigenvalue weighted by Crippen LogP contribution is 2.08. The summed E-state index contributed by atoms with van der Waals surface area (Å²) in [6.45, 7) is 8.19. The third-order valence-corrected chi connectivity index (χ3v) is 1.98. The molecule has 1 aromatic heterocycles. The molecule has 0 radical (unpaired) electrons. The Labute approximate surface area is 96.1 Å². The summed E-state index contributed by atoms with van der Waals surface area (Å²) >= 11 is 0. The molecule has 0 atom stereocenters. The van der Waals surface area contributed by atoms with Crippen LogP contribution in [0.5, 0.6) is 0 Å². The lowest BCUT2D eigenvalue weighted by Crippen LogP contribution is -2.12. The summed E-state index contributed by atoms with van der Waals surface area (Å²) in [5.41, 5.74) is 1.69. The number of aromatic nitrogens is 2. The molecular formula is C12H18N2O2. The van der Waals surface area contributed by atoms with Crippen LogP contribution in [0, 0.1) is 12.8 Å². The highest BCUT2D eigenvalue weighted by Gasteiger charge is 2.12. The topological polar surface area (TPSA) is 52.1 Å². The van der Waals surface area contributed by atoms with Crippen LogP contribution in [0.2, 0.25) is 0 Å². The van der Waals surface area contributed by atoms with Crippen molar-refractivity contribution in [3.05, 3.63) is 23.3 Å². The molecule has 0 saturated heterocycles. The first-order valence-electron chi connectivity index (χ1n) is 5.54. The van der Waals surface area contributed by atoms with Gasteiger partial charge in [-0.25, -0.2) is 14.8 Å². The number of nitrogens with zero attached hydrogens (tertiary/aromatic N) is 2. The van der Waals surface area contributed by atoms with Crippen LogP contribution in [0.25, 0.3) is 0 Å². The zero-order valence-corrected chi connectivity index (χ0v) is 10.3. The number of rotatable bonds is 4. The van der Waals surface area contributed by atoms with E-state index >= 15 is 0 Å². The lowest BCUT2D eigenvalue weighted by Gasteiger charge is -2.07. The number of aryl methyl sites for hydroxylation is 1. The van der Waals surface area contributed by atoms with E-state index in [9.17, 15) is 4.79 Å². The fraction of sp³-hybridized carbons (Fsp3) is 0.583. The van der Waals surface area contributed by atoms with Crippen molar-refractivity contribution in [3.8, 4) is 0 Å². The normalized spacial score (nSPS) is 10.6. The molecule has 4 nitrogen and oxygen atoms in total. The number of ether oxygens (including phenoxy) is 1. The second kappa shape index (κ2) is 5.58. The van der Waals surface area contributed by atoms with Crippen molar-refractivity contribution in [2.24, 2.45) is 5.92 Å². The summed E-state index contributed by atoms with van der Waals surface area (Å²) in [6, 6.07) is 1.91. The van der Waals surface area contributed by atoms with E-state index in [1.54, 1.807) is 6.92 Å². The molecule has 88 valence electrons. The fourth-order valence-electron chi connectivity index (χ4n) is 1.44. The second-order valence-electron chi connectivity index (χ2n) is 4.14. The van der Waals surface area contributed by atoms with Crippen LogP contribution in [-0.2, 0) is 11.2 Å². The highest BCUT2D eigenvalue weighted by molar-refractivity contribution is 5.85. The van der Waals surface area contributed by atoms with E-state index < -0.39 is 5.97 Å². The van der Waals surface area contributed by atoms with E-state index in [1.807, 2.05) is 13.0 Å². The van der Waals surface area contributed by atoms with E-state index in [2.05, 4.69) is 23.8 Å². The maximum atomic E-state index is 11.5. The third kappa shape index (κ3) is 3.61. The number of hydrogen-bond donors (Lipinski definition) is 0. The molecule has 0 N–H and O–H groups in total. The molecule has 0 aliphatic carbocycles. The summed E-state index contributed by atoms with van der Waals surface area (Å²) in [6.07, 6.45) is 0.843. The van der Waals surface area contributed by atoms with Crippen LogP contribution < -0.4 is 0 Å². The lowest BCUT2D eigenvalue weighted by atomic mass is 10.1. The summed E-state index contributed by atoms with van der Waals surface area (Å²) < 4.78 is 4.88. The van der Waals surface area contributed by atoms with Gasteiger partial charge in [-0.05, 0) is 32.3 Å². The minimum Gasteiger partial charge on any atom is -0.460 e. The zero-order valence-electron chi connectivity index (χ0n) is 10.3. The van der Waals surface area contributed by atoms with Gasteiger partial charge in [-0.3, -0.25) is 0 Å². The van der Waals surface area contributed by atoms with Crippen LogP contribution >= 0.6 is 0 Å². The Morgan fingerprint density at radius 3 is 2.69 bits per heavy atom. The minimum atomic E-state index is -0.448. The number of carbonyl (C=O) groups excluding carboxylic acids is 1. The molecule has 0 aromatic carbocycles. The van der Waals surface area contributed by atoms with Gasteiger partial charge in [-0.2, -0.15) is 0 Å². The van der Waals surface area contributed by atoms with Gasteiger partial charge in [-0.15, -0.1) is 0 Å². The van der Waals surface area contributed by atoms with Crippen LogP contribution in [0.15, 0.2) is 6.07 Å². The zero-order chi connectivity index (χ0) is 12.1. The summed E-state index contributed by atoms with van der Waals surface area (Å²) in [4.78, 5) is 19.8. The minimum absolute atomic E-state index is 0.164. The predicted molar refractivity (Wildman–Crippen MR) is 61.3 cm³/mol. The summed E-state index contributed by atoms with van der Waals surface area (Å²) in [7, 11) is 0. The van der Waals surface area contributed by atoms with Gasteiger partial charge >= 0.3 is 5.97 Å². The second-order valence-corrected chi connectivity index (χ2v) is 4.14. The van der Waals surface area contributed by atoms with Crippen molar-refractivity contribution in [2.45, 2.75) is 34.1 Å². The van der Waals surface area contributed by atoms with Crippen molar-refractivity contribution >= 4 is 5.97 Å². The molecular weight excluding hydrogens is 204 g/mol. The smallest absolute Gasteiger partial charge is 0.376 e. The first kappa shape index (κ1) is 12.6. The third-order valence-electron chi connectivity index (χ3n) is 1.98. The largest absolute Gasteiger partial charge is 0.460 e. The highest BCUT2D eigenvalue weighted by atomic mass is 16.5. The monoisotopic (exact) mass is 222 g/mol. The van der Waals surface area contributed by atoms with Gasteiger partial charge in [0.15, 0.2) is 0 Å². The van der Waals surface area contributed by atoms with Crippen molar-refractivity contribution in [1.82, 2.24) is 9.97 Å². The molecule has 0 aliphatic heterocycles. The van der Waals surface area contributed by atoms with Gasteiger partial charge in [0.25, 0.3) is 0 Å². The molecule has 0 saturated carbocycles. The van der Waals surface area contributed by atoms with Gasteiger partial charge in [-0.1, -0.05) is 13.8 Å². The van der Waals surface area contributed by atoms with Crippen molar-refractivity contribution in [3.63, 3.8) is 0 Å². The number of hydrogen-bond acceptors (Lipinski definition) is 4. The van der Waals surface area contributed by atoms with Crippen molar-refractivity contribution in [2.75, 3.05) is 6.61 Å². The Hall–Kier alpha value is -1.45. The molecule has 0 fully saturated rings. The molecule has 1 heterocycles.